The number of nitrogens with one attached hydrogen (secondary N) is 1. The van der Waals surface area contributed by atoms with Crippen LogP contribution >= 0.6 is 0 Å². The third-order valence-electron chi connectivity index (χ3n) is 5.72. The van der Waals surface area contributed by atoms with Gasteiger partial charge in [0.25, 0.3) is 0 Å². The van der Waals surface area contributed by atoms with E-state index in [4.69, 9.17) is 13.9 Å². The van der Waals surface area contributed by atoms with Gasteiger partial charge in [0.1, 0.15) is 28.8 Å². The summed E-state index contributed by atoms with van der Waals surface area (Å²) in [6.45, 7) is 4.92. The minimum atomic E-state index is -4.06. The lowest BCUT2D eigenvalue weighted by molar-refractivity contribution is 0.391. The van der Waals surface area contributed by atoms with Crippen molar-refractivity contribution in [1.82, 2.24) is 24.7 Å². The van der Waals surface area contributed by atoms with Gasteiger partial charge in [0, 0.05) is 5.92 Å². The highest BCUT2D eigenvalue weighted by molar-refractivity contribution is 7.93. The number of sulfonamides is 1. The van der Waals surface area contributed by atoms with Crippen LogP contribution in [0.3, 0.4) is 0 Å². The van der Waals surface area contributed by atoms with Crippen molar-refractivity contribution >= 4 is 16.0 Å². The number of methoxy groups -OCH3 is 2. The van der Waals surface area contributed by atoms with Crippen molar-refractivity contribution in [2.45, 2.75) is 31.9 Å². The molecule has 190 valence electrons. The van der Waals surface area contributed by atoms with E-state index >= 15 is 0 Å². The van der Waals surface area contributed by atoms with E-state index in [1.807, 2.05) is 0 Å². The van der Waals surface area contributed by atoms with Gasteiger partial charge < -0.3 is 13.9 Å². The van der Waals surface area contributed by atoms with Crippen LogP contribution in [0.4, 0.5) is 10.3 Å². The molecule has 0 bridgehead atoms. The van der Waals surface area contributed by atoms with E-state index < -0.39 is 27.0 Å². The molecule has 0 spiro atoms. The number of rotatable bonds is 9. The van der Waals surface area contributed by atoms with Crippen molar-refractivity contribution in [2.75, 3.05) is 18.9 Å². The van der Waals surface area contributed by atoms with Crippen molar-refractivity contribution in [3.05, 3.63) is 60.1 Å². The lowest BCUT2D eigenvalue weighted by atomic mass is 10.1. The maximum Gasteiger partial charge on any atom is 0.243 e. The van der Waals surface area contributed by atoms with Gasteiger partial charge in [-0.1, -0.05) is 13.0 Å². The van der Waals surface area contributed by atoms with Crippen LogP contribution in [-0.4, -0.2) is 52.6 Å². The molecule has 4 rings (SSSR count). The minimum Gasteiger partial charge on any atom is -0.494 e. The number of halogens is 1. The van der Waals surface area contributed by atoms with Crippen molar-refractivity contribution < 1.29 is 26.7 Å². The number of aryl methyl sites for hydroxylation is 1. The number of hydrogen-bond acceptors (Lipinski definition) is 9. The Morgan fingerprint density at radius 3 is 2.22 bits per heavy atom. The van der Waals surface area contributed by atoms with Crippen LogP contribution in [0.2, 0.25) is 0 Å². The van der Waals surface area contributed by atoms with E-state index in [1.54, 1.807) is 44.2 Å². The Bertz CT molecular complexity index is 1450. The minimum absolute atomic E-state index is 0.110. The smallest absolute Gasteiger partial charge is 0.243 e. The molecule has 0 aliphatic carbocycles. The SMILES string of the molecule is COc1cccc(OC)c1-n1c(NS(=O)(=O)C(C)C(C)c2ncc(F)cn2)nnc1-c1ccc(C)o1. The Hall–Kier alpha value is -4.00. The molecule has 0 saturated heterocycles. The molecule has 2 atom stereocenters. The topological polar surface area (TPSA) is 134 Å². The number of anilines is 1. The lowest BCUT2D eigenvalue weighted by Crippen LogP contribution is -2.31. The third-order valence-corrected chi connectivity index (χ3v) is 7.58. The Labute approximate surface area is 207 Å². The highest BCUT2D eigenvalue weighted by Crippen LogP contribution is 2.38. The molecule has 4 aromatic rings. The van der Waals surface area contributed by atoms with Crippen LogP contribution in [0.15, 0.2) is 47.1 Å². The average molecular weight is 517 g/mol. The Balaban J connectivity index is 1.81. The molecule has 13 heteroatoms. The monoisotopic (exact) mass is 516 g/mol. The fraction of sp³-hybridized carbons (Fsp3) is 0.304. The van der Waals surface area contributed by atoms with Crippen molar-refractivity contribution in [3.8, 4) is 28.8 Å². The van der Waals surface area contributed by atoms with Gasteiger partial charge in [-0.25, -0.2) is 22.8 Å². The van der Waals surface area contributed by atoms with E-state index in [0.717, 1.165) is 12.4 Å². The molecule has 0 aliphatic heterocycles. The number of para-hydroxylation sites is 1. The molecule has 0 radical (unpaired) electrons. The first-order chi connectivity index (χ1) is 17.2. The van der Waals surface area contributed by atoms with Crippen LogP contribution in [0.1, 0.15) is 31.4 Å². The zero-order valence-corrected chi connectivity index (χ0v) is 21.1. The van der Waals surface area contributed by atoms with Crippen LogP contribution in [-0.2, 0) is 10.0 Å². The molecule has 0 saturated carbocycles. The van der Waals surface area contributed by atoms with Crippen LogP contribution in [0.5, 0.6) is 11.5 Å². The second-order valence-electron chi connectivity index (χ2n) is 8.00. The summed E-state index contributed by atoms with van der Waals surface area (Å²) in [7, 11) is -1.10. The summed E-state index contributed by atoms with van der Waals surface area (Å²) in [5.41, 5.74) is 0.372. The van der Waals surface area contributed by atoms with E-state index in [1.165, 1.54) is 25.7 Å². The largest absolute Gasteiger partial charge is 0.494 e. The zero-order chi connectivity index (χ0) is 26.0. The summed E-state index contributed by atoms with van der Waals surface area (Å²) in [5, 5.41) is 7.30. The molecular formula is C23H25FN6O5S. The van der Waals surface area contributed by atoms with Gasteiger partial charge in [-0.05, 0) is 38.1 Å². The summed E-state index contributed by atoms with van der Waals surface area (Å²) in [6.07, 6.45) is 1.99. The molecule has 3 heterocycles. The molecule has 0 aliphatic rings. The van der Waals surface area contributed by atoms with E-state index in [-0.39, 0.29) is 17.6 Å². The summed E-state index contributed by atoms with van der Waals surface area (Å²) in [5.74, 6) is 0.808. The molecule has 1 N–H and O–H groups in total. The number of furan rings is 1. The maximum atomic E-state index is 13.4. The second kappa shape index (κ2) is 9.93. The zero-order valence-electron chi connectivity index (χ0n) is 20.3. The van der Waals surface area contributed by atoms with E-state index in [0.29, 0.717) is 28.7 Å². The standard InChI is InChI=1S/C23H25FN6O5S/c1-13-9-10-19(35-13)22-27-28-23(30(22)20-17(33-4)7-6-8-18(20)34-5)29-36(31,32)15(3)14(2)21-25-11-16(24)12-26-21/h6-12,14-15H,1-5H3,(H,28,29). The van der Waals surface area contributed by atoms with Gasteiger partial charge in [-0.15, -0.1) is 10.2 Å². The third kappa shape index (κ3) is 4.73. The number of hydrogen-bond donors (Lipinski definition) is 1. The molecule has 0 fully saturated rings. The predicted octanol–water partition coefficient (Wildman–Crippen LogP) is 3.72. The summed E-state index contributed by atoms with van der Waals surface area (Å²) in [6, 6.07) is 8.59. The Morgan fingerprint density at radius 2 is 1.67 bits per heavy atom. The molecule has 0 amide bonds. The maximum absolute atomic E-state index is 13.4. The highest BCUT2D eigenvalue weighted by atomic mass is 32.2. The highest BCUT2D eigenvalue weighted by Gasteiger charge is 2.32. The number of nitrogens with zero attached hydrogens (tertiary/aromatic N) is 5. The van der Waals surface area contributed by atoms with Gasteiger partial charge in [0.2, 0.25) is 21.8 Å². The second-order valence-corrected chi connectivity index (χ2v) is 10.0. The lowest BCUT2D eigenvalue weighted by Gasteiger charge is -2.21. The Morgan fingerprint density at radius 1 is 1.03 bits per heavy atom. The van der Waals surface area contributed by atoms with Gasteiger partial charge in [0.15, 0.2) is 11.6 Å². The number of aromatic nitrogens is 5. The van der Waals surface area contributed by atoms with Crippen LogP contribution in [0, 0.1) is 12.7 Å². The summed E-state index contributed by atoms with van der Waals surface area (Å²) >= 11 is 0. The van der Waals surface area contributed by atoms with Crippen LogP contribution in [0.25, 0.3) is 17.3 Å². The summed E-state index contributed by atoms with van der Waals surface area (Å²) < 4.78 is 60.9. The first-order valence-corrected chi connectivity index (χ1v) is 12.4. The molecule has 36 heavy (non-hydrogen) atoms. The molecular weight excluding hydrogens is 491 g/mol. The number of ether oxygens (including phenoxy) is 2. The van der Waals surface area contributed by atoms with E-state index in [9.17, 15) is 12.8 Å². The molecule has 1 aromatic carbocycles. The average Bonchev–Trinajstić information content (AvgIpc) is 3.48. The van der Waals surface area contributed by atoms with Crippen molar-refractivity contribution in [1.29, 1.82) is 0 Å². The summed E-state index contributed by atoms with van der Waals surface area (Å²) in [4.78, 5) is 7.84. The van der Waals surface area contributed by atoms with E-state index in [2.05, 4.69) is 24.9 Å². The van der Waals surface area contributed by atoms with Crippen LogP contribution < -0.4 is 14.2 Å². The normalized spacial score (nSPS) is 13.3. The number of benzene rings is 1. The van der Waals surface area contributed by atoms with Crippen molar-refractivity contribution in [3.63, 3.8) is 0 Å². The quantitative estimate of drug-likeness (QED) is 0.353. The van der Waals surface area contributed by atoms with Gasteiger partial charge in [0.05, 0.1) is 31.9 Å². The van der Waals surface area contributed by atoms with Gasteiger partial charge in [-0.3, -0.25) is 9.29 Å². The fourth-order valence-corrected chi connectivity index (χ4v) is 4.82. The predicted molar refractivity (Wildman–Crippen MR) is 129 cm³/mol. The van der Waals surface area contributed by atoms with Crippen molar-refractivity contribution in [2.24, 2.45) is 0 Å². The fourth-order valence-electron chi connectivity index (χ4n) is 3.58. The van der Waals surface area contributed by atoms with Gasteiger partial charge in [-0.2, -0.15) is 0 Å². The molecule has 2 unspecified atom stereocenters. The first-order valence-electron chi connectivity index (χ1n) is 10.9. The molecule has 3 aromatic heterocycles. The van der Waals surface area contributed by atoms with Gasteiger partial charge >= 0.3 is 0 Å². The molecule has 11 nitrogen and oxygen atoms in total. The first kappa shape index (κ1) is 25.1. The Kier molecular flexibility index (Phi) is 6.93.